The largest absolute Gasteiger partial charge is 0.409 e. The van der Waals surface area contributed by atoms with Gasteiger partial charge in [0.1, 0.15) is 5.84 Å². The summed E-state index contributed by atoms with van der Waals surface area (Å²) < 4.78 is 0. The standard InChI is InChI=1S/C10H23N3OS/c1-8(5-6-15-4)13(3)9(2)7-10(11)12-14/h8-9,14H,5-7H2,1-4H3,(H2,11,12). The lowest BCUT2D eigenvalue weighted by atomic mass is 10.1. The van der Waals surface area contributed by atoms with E-state index in [1.54, 1.807) is 0 Å². The molecule has 0 aromatic heterocycles. The quantitative estimate of drug-likeness (QED) is 0.303. The second kappa shape index (κ2) is 7.82. The van der Waals surface area contributed by atoms with Crippen LogP contribution in [0.5, 0.6) is 0 Å². The summed E-state index contributed by atoms with van der Waals surface area (Å²) >= 11 is 1.86. The summed E-state index contributed by atoms with van der Waals surface area (Å²) in [6, 6.07) is 0.830. The molecular weight excluding hydrogens is 210 g/mol. The molecule has 0 aliphatic heterocycles. The average molecular weight is 233 g/mol. The maximum Gasteiger partial charge on any atom is 0.140 e. The normalized spacial score (nSPS) is 16.7. The Hall–Kier alpha value is -0.420. The van der Waals surface area contributed by atoms with E-state index in [4.69, 9.17) is 10.9 Å². The summed E-state index contributed by atoms with van der Waals surface area (Å²) in [6.45, 7) is 4.30. The van der Waals surface area contributed by atoms with E-state index in [1.165, 1.54) is 5.75 Å². The van der Waals surface area contributed by atoms with Gasteiger partial charge in [-0.15, -0.1) is 0 Å². The third kappa shape index (κ3) is 5.89. The van der Waals surface area contributed by atoms with E-state index >= 15 is 0 Å². The zero-order chi connectivity index (χ0) is 11.8. The van der Waals surface area contributed by atoms with Gasteiger partial charge in [0, 0.05) is 18.5 Å². The van der Waals surface area contributed by atoms with Crippen LogP contribution in [0.25, 0.3) is 0 Å². The van der Waals surface area contributed by atoms with Crippen molar-refractivity contribution >= 4 is 17.6 Å². The third-order valence-electron chi connectivity index (χ3n) is 2.76. The topological polar surface area (TPSA) is 61.8 Å². The van der Waals surface area contributed by atoms with Gasteiger partial charge in [-0.25, -0.2) is 0 Å². The molecule has 0 amide bonds. The summed E-state index contributed by atoms with van der Waals surface area (Å²) in [7, 11) is 2.08. The Kier molecular flexibility index (Phi) is 7.60. The highest BCUT2D eigenvalue weighted by atomic mass is 32.2. The highest BCUT2D eigenvalue weighted by molar-refractivity contribution is 7.98. The van der Waals surface area contributed by atoms with Crippen LogP contribution < -0.4 is 5.73 Å². The van der Waals surface area contributed by atoms with Crippen LogP contribution in [0.15, 0.2) is 5.16 Å². The van der Waals surface area contributed by atoms with Gasteiger partial charge in [0.25, 0.3) is 0 Å². The number of hydrogen-bond acceptors (Lipinski definition) is 4. The van der Waals surface area contributed by atoms with Crippen molar-refractivity contribution in [2.45, 2.75) is 38.8 Å². The van der Waals surface area contributed by atoms with E-state index in [-0.39, 0.29) is 0 Å². The minimum Gasteiger partial charge on any atom is -0.409 e. The molecule has 0 aromatic carbocycles. The zero-order valence-electron chi connectivity index (χ0n) is 10.1. The number of nitrogens with two attached hydrogens (primary N) is 1. The molecule has 0 saturated carbocycles. The van der Waals surface area contributed by atoms with Crippen LogP contribution in [0.1, 0.15) is 26.7 Å². The van der Waals surface area contributed by atoms with Gasteiger partial charge < -0.3 is 15.8 Å². The van der Waals surface area contributed by atoms with Crippen LogP contribution >= 0.6 is 11.8 Å². The molecule has 15 heavy (non-hydrogen) atoms. The Bertz CT molecular complexity index is 199. The first-order chi connectivity index (χ1) is 7.02. The molecule has 0 heterocycles. The lowest BCUT2D eigenvalue weighted by Crippen LogP contribution is -2.39. The van der Waals surface area contributed by atoms with E-state index in [2.05, 4.69) is 37.2 Å². The van der Waals surface area contributed by atoms with Gasteiger partial charge in [-0.1, -0.05) is 5.16 Å². The Morgan fingerprint density at radius 1 is 1.47 bits per heavy atom. The van der Waals surface area contributed by atoms with E-state index in [1.807, 2.05) is 11.8 Å². The first-order valence-corrected chi connectivity index (χ1v) is 6.59. The molecule has 3 N–H and O–H groups in total. The number of rotatable bonds is 7. The van der Waals surface area contributed by atoms with Crippen LogP contribution in [0.2, 0.25) is 0 Å². The summed E-state index contributed by atoms with van der Waals surface area (Å²) in [5.74, 6) is 1.47. The lowest BCUT2D eigenvalue weighted by Gasteiger charge is -2.30. The van der Waals surface area contributed by atoms with Crippen molar-refractivity contribution in [1.29, 1.82) is 0 Å². The van der Waals surface area contributed by atoms with Gasteiger partial charge in [-0.2, -0.15) is 11.8 Å². The van der Waals surface area contributed by atoms with Crippen LogP contribution in [0.3, 0.4) is 0 Å². The molecule has 0 fully saturated rings. The van der Waals surface area contributed by atoms with Crippen molar-refractivity contribution in [3.8, 4) is 0 Å². The average Bonchev–Trinajstić information content (AvgIpc) is 2.24. The van der Waals surface area contributed by atoms with Gasteiger partial charge in [-0.3, -0.25) is 0 Å². The molecule has 0 saturated heterocycles. The molecule has 2 unspecified atom stereocenters. The van der Waals surface area contributed by atoms with E-state index < -0.39 is 0 Å². The fraction of sp³-hybridized carbons (Fsp3) is 0.900. The smallest absolute Gasteiger partial charge is 0.140 e. The number of thioether (sulfide) groups is 1. The maximum atomic E-state index is 8.49. The highest BCUT2D eigenvalue weighted by Gasteiger charge is 2.16. The minimum absolute atomic E-state index is 0.298. The van der Waals surface area contributed by atoms with Crippen molar-refractivity contribution in [3.63, 3.8) is 0 Å². The van der Waals surface area contributed by atoms with Gasteiger partial charge in [0.15, 0.2) is 0 Å². The zero-order valence-corrected chi connectivity index (χ0v) is 10.9. The van der Waals surface area contributed by atoms with Crippen molar-refractivity contribution in [2.24, 2.45) is 10.9 Å². The van der Waals surface area contributed by atoms with Crippen molar-refractivity contribution in [2.75, 3.05) is 19.1 Å². The Morgan fingerprint density at radius 3 is 2.53 bits per heavy atom. The molecule has 0 aliphatic carbocycles. The van der Waals surface area contributed by atoms with Crippen LogP contribution in [0.4, 0.5) is 0 Å². The summed E-state index contributed by atoms with van der Waals surface area (Å²) in [5, 5.41) is 11.5. The van der Waals surface area contributed by atoms with Gasteiger partial charge >= 0.3 is 0 Å². The van der Waals surface area contributed by atoms with Crippen LogP contribution in [-0.4, -0.2) is 47.1 Å². The van der Waals surface area contributed by atoms with Gasteiger partial charge in [0.2, 0.25) is 0 Å². The number of oxime groups is 1. The Labute approximate surface area is 96.9 Å². The second-order valence-corrected chi connectivity index (χ2v) is 4.93. The molecule has 0 rings (SSSR count). The molecule has 0 aliphatic rings. The Balaban J connectivity index is 4.00. The second-order valence-electron chi connectivity index (χ2n) is 3.94. The molecule has 0 aromatic rings. The number of hydrogen-bond donors (Lipinski definition) is 2. The molecule has 0 spiro atoms. The highest BCUT2D eigenvalue weighted by Crippen LogP contribution is 2.11. The molecular formula is C10H23N3OS. The lowest BCUT2D eigenvalue weighted by molar-refractivity contribution is 0.195. The SMILES string of the molecule is CSCCC(C)N(C)C(C)CC(N)=NO. The van der Waals surface area contributed by atoms with Gasteiger partial charge in [0.05, 0.1) is 0 Å². The fourth-order valence-electron chi connectivity index (χ4n) is 1.41. The molecule has 2 atom stereocenters. The first-order valence-electron chi connectivity index (χ1n) is 5.20. The van der Waals surface area contributed by atoms with E-state index in [0.29, 0.717) is 24.3 Å². The molecule has 4 nitrogen and oxygen atoms in total. The summed E-state index contributed by atoms with van der Waals surface area (Å²) in [6.07, 6.45) is 3.89. The van der Waals surface area contributed by atoms with Gasteiger partial charge in [-0.05, 0) is 39.3 Å². The van der Waals surface area contributed by atoms with Crippen LogP contribution in [-0.2, 0) is 0 Å². The molecule has 90 valence electrons. The Morgan fingerprint density at radius 2 is 2.07 bits per heavy atom. The van der Waals surface area contributed by atoms with Crippen molar-refractivity contribution < 1.29 is 5.21 Å². The monoisotopic (exact) mass is 233 g/mol. The predicted octanol–water partition coefficient (Wildman–Crippen LogP) is 1.58. The molecule has 0 bridgehead atoms. The fourth-order valence-corrected chi connectivity index (χ4v) is 1.99. The molecule has 0 radical (unpaired) electrons. The van der Waals surface area contributed by atoms with Crippen LogP contribution in [0, 0.1) is 0 Å². The molecule has 5 heteroatoms. The van der Waals surface area contributed by atoms with Crippen molar-refractivity contribution in [3.05, 3.63) is 0 Å². The van der Waals surface area contributed by atoms with E-state index in [9.17, 15) is 0 Å². The maximum absolute atomic E-state index is 8.49. The number of amidine groups is 1. The summed E-state index contributed by atoms with van der Waals surface area (Å²) in [5.41, 5.74) is 5.48. The first kappa shape index (κ1) is 14.6. The predicted molar refractivity (Wildman–Crippen MR) is 67.7 cm³/mol. The number of nitrogens with zero attached hydrogens (tertiary/aromatic N) is 2. The third-order valence-corrected chi connectivity index (χ3v) is 3.41. The van der Waals surface area contributed by atoms with E-state index in [0.717, 1.165) is 6.42 Å². The minimum atomic E-state index is 0.298. The summed E-state index contributed by atoms with van der Waals surface area (Å²) in [4.78, 5) is 2.27. The van der Waals surface area contributed by atoms with Crippen molar-refractivity contribution in [1.82, 2.24) is 4.90 Å².